The largest absolute Gasteiger partial charge is 0.390 e. The van der Waals surface area contributed by atoms with Gasteiger partial charge in [0.2, 0.25) is 0 Å². The zero-order valence-corrected chi connectivity index (χ0v) is 14.9. The predicted octanol–water partition coefficient (Wildman–Crippen LogP) is -1.40. The molecule has 5 unspecified atom stereocenters. The molecule has 0 aliphatic carbocycles. The van der Waals surface area contributed by atoms with E-state index in [4.69, 9.17) is 9.47 Å². The molecule has 0 aromatic heterocycles. The van der Waals surface area contributed by atoms with E-state index in [1.54, 1.807) is 34.6 Å². The molecular weight excluding hydrogens is 320 g/mol. The molecule has 0 aromatic rings. The summed E-state index contributed by atoms with van der Waals surface area (Å²) >= 11 is 0. The average Bonchev–Trinajstić information content (AvgIpc) is 2.48. The first-order valence-electron chi connectivity index (χ1n) is 8.23. The Kier molecular flexibility index (Phi) is 7.58. The lowest BCUT2D eigenvalue weighted by atomic mass is 9.82. The van der Waals surface area contributed by atoms with Gasteiger partial charge in [-0.15, -0.1) is 0 Å². The molecular formula is C16H32O8. The van der Waals surface area contributed by atoms with Gasteiger partial charge in [0.1, 0.15) is 30.5 Å². The molecule has 8 atom stereocenters. The van der Waals surface area contributed by atoms with Crippen molar-refractivity contribution >= 4 is 0 Å². The van der Waals surface area contributed by atoms with Crippen LogP contribution in [-0.4, -0.2) is 86.3 Å². The molecule has 6 N–H and O–H groups in total. The fraction of sp³-hybridized carbons (Fsp3) is 1.00. The molecule has 0 saturated carbocycles. The molecule has 24 heavy (non-hydrogen) atoms. The second kappa shape index (κ2) is 8.37. The van der Waals surface area contributed by atoms with Crippen molar-refractivity contribution in [1.82, 2.24) is 0 Å². The van der Waals surface area contributed by atoms with E-state index >= 15 is 0 Å². The van der Waals surface area contributed by atoms with Gasteiger partial charge in [-0.05, 0) is 11.3 Å². The molecule has 8 heteroatoms. The first kappa shape index (κ1) is 21.7. The van der Waals surface area contributed by atoms with E-state index in [0.717, 1.165) is 0 Å². The topological polar surface area (TPSA) is 140 Å². The Hall–Kier alpha value is -0.320. The molecule has 0 spiro atoms. The number of hydrogen-bond acceptors (Lipinski definition) is 8. The molecule has 0 amide bonds. The van der Waals surface area contributed by atoms with Gasteiger partial charge in [0.25, 0.3) is 0 Å². The van der Waals surface area contributed by atoms with Crippen LogP contribution in [0.15, 0.2) is 0 Å². The minimum absolute atomic E-state index is 0.225. The summed E-state index contributed by atoms with van der Waals surface area (Å²) in [7, 11) is 0. The van der Waals surface area contributed by atoms with Gasteiger partial charge >= 0.3 is 0 Å². The Morgan fingerprint density at radius 3 is 1.96 bits per heavy atom. The van der Waals surface area contributed by atoms with Crippen LogP contribution >= 0.6 is 0 Å². The lowest BCUT2D eigenvalue weighted by Gasteiger charge is -2.41. The van der Waals surface area contributed by atoms with Gasteiger partial charge in [-0.25, -0.2) is 0 Å². The maximum Gasteiger partial charge on any atom is 0.186 e. The summed E-state index contributed by atoms with van der Waals surface area (Å²) in [5.74, 6) is -0.276. The molecule has 0 aromatic carbocycles. The summed E-state index contributed by atoms with van der Waals surface area (Å²) in [5, 5.41) is 60.0. The Balaban J connectivity index is 2.83. The summed E-state index contributed by atoms with van der Waals surface area (Å²) in [4.78, 5) is 0. The number of hydrogen-bond donors (Lipinski definition) is 6. The highest BCUT2D eigenvalue weighted by Crippen LogP contribution is 2.28. The van der Waals surface area contributed by atoms with Crippen molar-refractivity contribution in [3.05, 3.63) is 0 Å². The van der Waals surface area contributed by atoms with Crippen LogP contribution in [0.5, 0.6) is 0 Å². The van der Waals surface area contributed by atoms with E-state index in [-0.39, 0.29) is 12.5 Å². The molecule has 1 aliphatic heterocycles. The van der Waals surface area contributed by atoms with Gasteiger partial charge in [0, 0.05) is 0 Å². The van der Waals surface area contributed by atoms with Crippen molar-refractivity contribution in [3.8, 4) is 0 Å². The van der Waals surface area contributed by atoms with Gasteiger partial charge < -0.3 is 40.1 Å². The van der Waals surface area contributed by atoms with Crippen LogP contribution in [0.3, 0.4) is 0 Å². The Bertz CT molecular complexity index is 383. The third kappa shape index (κ3) is 5.09. The predicted molar refractivity (Wildman–Crippen MR) is 84.9 cm³/mol. The highest BCUT2D eigenvalue weighted by atomic mass is 16.7. The molecule has 8 nitrogen and oxygen atoms in total. The van der Waals surface area contributed by atoms with Gasteiger partial charge in [0.15, 0.2) is 6.29 Å². The zero-order valence-electron chi connectivity index (χ0n) is 14.9. The van der Waals surface area contributed by atoms with E-state index in [0.29, 0.717) is 0 Å². The second-order valence-electron chi connectivity index (χ2n) is 7.89. The highest BCUT2D eigenvalue weighted by molar-refractivity contribution is 4.90. The first-order valence-corrected chi connectivity index (χ1v) is 8.23. The number of aliphatic hydroxyl groups excluding tert-OH is 6. The fourth-order valence-corrected chi connectivity index (χ4v) is 2.58. The summed E-state index contributed by atoms with van der Waals surface area (Å²) in [6.45, 7) is 8.44. The third-order valence-electron chi connectivity index (χ3n) is 4.30. The van der Waals surface area contributed by atoms with Crippen molar-refractivity contribution in [2.45, 2.75) is 83.6 Å². The lowest BCUT2D eigenvalue weighted by Crippen LogP contribution is -2.57. The minimum Gasteiger partial charge on any atom is -0.390 e. The van der Waals surface area contributed by atoms with Crippen LogP contribution in [0.25, 0.3) is 0 Å². The zero-order chi connectivity index (χ0) is 18.8. The second-order valence-corrected chi connectivity index (χ2v) is 7.89. The monoisotopic (exact) mass is 352 g/mol. The standard InChI is InChI=1S/C16H32O8/c1-7(2)13(10(19)11(20)14(22)16(3,4)5)24-15-12(21)9(18)8(17)6-23-15/h7-15,17-22H,6H2,1-5H3/t8-,9?,10?,11?,12?,13?,14-,15+/m1/s1. The van der Waals surface area contributed by atoms with E-state index in [2.05, 4.69) is 0 Å². The highest BCUT2D eigenvalue weighted by Gasteiger charge is 2.43. The van der Waals surface area contributed by atoms with Gasteiger partial charge in [-0.1, -0.05) is 34.6 Å². The molecule has 1 rings (SSSR count). The third-order valence-corrected chi connectivity index (χ3v) is 4.30. The molecule has 1 aliphatic rings. The van der Waals surface area contributed by atoms with Gasteiger partial charge in [-0.2, -0.15) is 0 Å². The van der Waals surface area contributed by atoms with Crippen LogP contribution in [0.1, 0.15) is 34.6 Å². The van der Waals surface area contributed by atoms with Crippen LogP contribution in [0, 0.1) is 11.3 Å². The van der Waals surface area contributed by atoms with Crippen molar-refractivity contribution in [2.75, 3.05) is 6.61 Å². The normalized spacial score (nSPS) is 34.0. The van der Waals surface area contributed by atoms with Crippen molar-refractivity contribution in [3.63, 3.8) is 0 Å². The van der Waals surface area contributed by atoms with E-state index in [9.17, 15) is 30.6 Å². The summed E-state index contributed by atoms with van der Waals surface area (Å²) in [6, 6.07) is 0. The molecule has 1 saturated heterocycles. The smallest absolute Gasteiger partial charge is 0.186 e. The number of ether oxygens (including phenoxy) is 2. The maximum atomic E-state index is 10.4. The SMILES string of the molecule is CC(C)C(O[C@@H]1OC[C@@H](O)C(O)C1O)C(O)C(O)[C@@H](O)C(C)(C)C. The van der Waals surface area contributed by atoms with Crippen LogP contribution in [0.4, 0.5) is 0 Å². The van der Waals surface area contributed by atoms with Crippen LogP contribution in [-0.2, 0) is 9.47 Å². The summed E-state index contributed by atoms with van der Waals surface area (Å²) in [5.41, 5.74) is -0.650. The molecule has 144 valence electrons. The maximum absolute atomic E-state index is 10.4. The van der Waals surface area contributed by atoms with Gasteiger partial charge in [0.05, 0.1) is 18.8 Å². The number of rotatable bonds is 6. The first-order chi connectivity index (χ1) is 10.9. The Morgan fingerprint density at radius 1 is 0.958 bits per heavy atom. The average molecular weight is 352 g/mol. The lowest BCUT2D eigenvalue weighted by molar-refractivity contribution is -0.300. The van der Waals surface area contributed by atoms with Crippen molar-refractivity contribution < 1.29 is 40.1 Å². The quantitative estimate of drug-likeness (QED) is 0.343. The molecule has 0 bridgehead atoms. The van der Waals surface area contributed by atoms with Gasteiger partial charge in [-0.3, -0.25) is 0 Å². The van der Waals surface area contributed by atoms with Crippen molar-refractivity contribution in [1.29, 1.82) is 0 Å². The van der Waals surface area contributed by atoms with Crippen molar-refractivity contribution in [2.24, 2.45) is 11.3 Å². The Labute approximate surface area is 142 Å². The van der Waals surface area contributed by atoms with Crippen LogP contribution in [0.2, 0.25) is 0 Å². The minimum atomic E-state index is -1.49. The molecule has 0 radical (unpaired) electrons. The fourth-order valence-electron chi connectivity index (χ4n) is 2.58. The summed E-state index contributed by atoms with van der Waals surface area (Å²) in [6.07, 6.45) is -10.5. The summed E-state index contributed by atoms with van der Waals surface area (Å²) < 4.78 is 10.7. The molecule has 1 fully saturated rings. The van der Waals surface area contributed by atoms with Crippen LogP contribution < -0.4 is 0 Å². The van der Waals surface area contributed by atoms with E-state index < -0.39 is 54.4 Å². The Morgan fingerprint density at radius 2 is 1.50 bits per heavy atom. The van der Waals surface area contributed by atoms with E-state index in [1.165, 1.54) is 0 Å². The van der Waals surface area contributed by atoms with E-state index in [1.807, 2.05) is 0 Å². The number of aliphatic hydroxyl groups is 6. The molecule has 1 heterocycles.